The van der Waals surface area contributed by atoms with Gasteiger partial charge in [-0.15, -0.1) is 0 Å². The smallest absolute Gasteiger partial charge is 0.261 e. The lowest BCUT2D eigenvalue weighted by Gasteiger charge is -2.18. The summed E-state index contributed by atoms with van der Waals surface area (Å²) in [6.07, 6.45) is 0. The molecule has 5 rings (SSSR count). The minimum atomic E-state index is -3.92. The Morgan fingerprint density at radius 1 is 0.875 bits per heavy atom. The third-order valence-corrected chi connectivity index (χ3v) is 7.84. The normalized spacial score (nSPS) is 13.7. The van der Waals surface area contributed by atoms with Gasteiger partial charge in [-0.2, -0.15) is 0 Å². The minimum absolute atomic E-state index is 0.0217. The van der Waals surface area contributed by atoms with Crippen LogP contribution in [-0.4, -0.2) is 33.8 Å². The zero-order valence-electron chi connectivity index (χ0n) is 21.6. The van der Waals surface area contributed by atoms with Crippen LogP contribution < -0.4 is 26.0 Å². The number of likely N-dealkylation sites (N-methyl/N-ethyl adjacent to an activating group) is 1. The third kappa shape index (κ3) is 5.44. The predicted octanol–water partition coefficient (Wildman–Crippen LogP) is 4.34. The van der Waals surface area contributed by atoms with E-state index in [4.69, 9.17) is 5.73 Å². The molecule has 0 saturated heterocycles. The van der Waals surface area contributed by atoms with Gasteiger partial charge in [0.15, 0.2) is 0 Å². The van der Waals surface area contributed by atoms with Crippen LogP contribution in [0.25, 0.3) is 11.3 Å². The van der Waals surface area contributed by atoms with Crippen LogP contribution in [0, 0.1) is 0 Å². The van der Waals surface area contributed by atoms with Crippen LogP contribution in [0.15, 0.2) is 108 Å². The van der Waals surface area contributed by atoms with Crippen molar-refractivity contribution < 1.29 is 18.0 Å². The van der Waals surface area contributed by atoms with Gasteiger partial charge < -0.3 is 21.3 Å². The lowest BCUT2D eigenvalue weighted by Crippen LogP contribution is -2.32. The molecule has 0 unspecified atom stereocenters. The quantitative estimate of drug-likeness (QED) is 0.240. The maximum atomic E-state index is 13.3. The van der Waals surface area contributed by atoms with Gasteiger partial charge in [0, 0.05) is 35.4 Å². The summed E-state index contributed by atoms with van der Waals surface area (Å²) in [6.45, 7) is -0.103. The van der Waals surface area contributed by atoms with Crippen molar-refractivity contribution in [1.82, 2.24) is 0 Å². The van der Waals surface area contributed by atoms with Crippen molar-refractivity contribution in [3.63, 3.8) is 0 Å². The van der Waals surface area contributed by atoms with Gasteiger partial charge >= 0.3 is 0 Å². The van der Waals surface area contributed by atoms with Crippen LogP contribution in [0.4, 0.5) is 22.7 Å². The number of fused-ring (bicyclic) bond motifs is 1. The Hall–Kier alpha value is -4.93. The SMILES string of the molecule is CN(C(=O)CN)c1ccc(NC(=C2C(=O)Nc3ccc(S(=O)(=O)Nc4ccccc4)cc32)c2ccccc2)cc1. The van der Waals surface area contributed by atoms with E-state index in [-0.39, 0.29) is 23.3 Å². The Morgan fingerprint density at radius 2 is 1.52 bits per heavy atom. The van der Waals surface area contributed by atoms with Gasteiger partial charge in [-0.3, -0.25) is 14.3 Å². The second-order valence-electron chi connectivity index (χ2n) is 9.08. The van der Waals surface area contributed by atoms with Crippen molar-refractivity contribution in [3.8, 4) is 0 Å². The average molecular weight is 554 g/mol. The number of nitrogens with zero attached hydrogens (tertiary/aromatic N) is 1. The number of amides is 2. The largest absolute Gasteiger partial charge is 0.354 e. The Kier molecular flexibility index (Phi) is 7.37. The van der Waals surface area contributed by atoms with Crippen LogP contribution in [0.3, 0.4) is 0 Å². The number of carbonyl (C=O) groups is 2. The van der Waals surface area contributed by atoms with Gasteiger partial charge in [0.25, 0.3) is 15.9 Å². The number of para-hydroxylation sites is 1. The molecule has 10 heteroatoms. The fourth-order valence-electron chi connectivity index (χ4n) is 4.36. The molecule has 0 aromatic heterocycles. The summed E-state index contributed by atoms with van der Waals surface area (Å²) in [5.74, 6) is -0.587. The highest BCUT2D eigenvalue weighted by atomic mass is 32.2. The van der Waals surface area contributed by atoms with E-state index in [0.29, 0.717) is 39.6 Å². The van der Waals surface area contributed by atoms with Gasteiger partial charge in [-0.25, -0.2) is 8.42 Å². The summed E-state index contributed by atoms with van der Waals surface area (Å²) in [6, 6.07) is 29.5. The molecule has 5 N–H and O–H groups in total. The molecule has 9 nitrogen and oxygen atoms in total. The summed E-state index contributed by atoms with van der Waals surface area (Å²) < 4.78 is 29.0. The molecular formula is C30H27N5O4S. The first-order chi connectivity index (χ1) is 19.3. The molecule has 0 spiro atoms. The molecule has 2 amide bonds. The predicted molar refractivity (Wildman–Crippen MR) is 158 cm³/mol. The summed E-state index contributed by atoms with van der Waals surface area (Å²) in [5, 5.41) is 6.19. The van der Waals surface area contributed by atoms with Crippen LogP contribution in [0.5, 0.6) is 0 Å². The molecule has 0 bridgehead atoms. The van der Waals surface area contributed by atoms with E-state index in [1.807, 2.05) is 30.3 Å². The van der Waals surface area contributed by atoms with Crippen LogP contribution in [-0.2, 0) is 19.6 Å². The first kappa shape index (κ1) is 26.7. The summed E-state index contributed by atoms with van der Waals surface area (Å²) in [5.41, 5.74) is 9.74. The Morgan fingerprint density at radius 3 is 2.17 bits per heavy atom. The van der Waals surface area contributed by atoms with E-state index in [1.54, 1.807) is 67.7 Å². The Labute approximate surface area is 232 Å². The highest BCUT2D eigenvalue weighted by Gasteiger charge is 2.30. The van der Waals surface area contributed by atoms with E-state index in [0.717, 1.165) is 5.56 Å². The third-order valence-electron chi connectivity index (χ3n) is 6.46. The molecular weight excluding hydrogens is 526 g/mol. The number of nitrogens with two attached hydrogens (primary N) is 1. The highest BCUT2D eigenvalue weighted by Crippen LogP contribution is 2.39. The van der Waals surface area contributed by atoms with Crippen molar-refractivity contribution in [2.75, 3.05) is 33.8 Å². The van der Waals surface area contributed by atoms with E-state index in [9.17, 15) is 18.0 Å². The number of hydrogen-bond acceptors (Lipinski definition) is 6. The molecule has 0 radical (unpaired) electrons. The monoisotopic (exact) mass is 553 g/mol. The zero-order valence-corrected chi connectivity index (χ0v) is 22.4. The van der Waals surface area contributed by atoms with Gasteiger partial charge in [0.2, 0.25) is 5.91 Å². The fraction of sp³-hybridized carbons (Fsp3) is 0.0667. The van der Waals surface area contributed by atoms with Crippen LogP contribution >= 0.6 is 0 Å². The van der Waals surface area contributed by atoms with Crippen molar-refractivity contribution in [2.24, 2.45) is 5.73 Å². The minimum Gasteiger partial charge on any atom is -0.354 e. The Balaban J connectivity index is 1.57. The number of carbonyl (C=O) groups excluding carboxylic acids is 2. The maximum absolute atomic E-state index is 13.3. The van der Waals surface area contributed by atoms with Crippen LogP contribution in [0.1, 0.15) is 11.1 Å². The highest BCUT2D eigenvalue weighted by molar-refractivity contribution is 7.92. The maximum Gasteiger partial charge on any atom is 0.261 e. The fourth-order valence-corrected chi connectivity index (χ4v) is 5.44. The summed E-state index contributed by atoms with van der Waals surface area (Å²) in [4.78, 5) is 26.8. The van der Waals surface area contributed by atoms with E-state index in [1.165, 1.54) is 17.0 Å². The standard InChI is InChI=1S/C30H27N5O4S/c1-35(27(36)19-31)23-14-12-21(13-15-23)32-29(20-8-4-2-5-9-20)28-25-18-24(16-17-26(25)33-30(28)37)40(38,39)34-22-10-6-3-7-11-22/h2-18,32,34H,19,31H2,1H3,(H,33,37). The molecule has 202 valence electrons. The molecule has 0 aliphatic carbocycles. The molecule has 1 aliphatic heterocycles. The Bertz CT molecular complexity index is 1700. The number of rotatable bonds is 8. The summed E-state index contributed by atoms with van der Waals surface area (Å²) >= 11 is 0. The number of anilines is 4. The van der Waals surface area contributed by atoms with E-state index < -0.39 is 10.0 Å². The lowest BCUT2D eigenvalue weighted by molar-refractivity contribution is -0.117. The second-order valence-corrected chi connectivity index (χ2v) is 10.8. The molecule has 0 saturated carbocycles. The van der Waals surface area contributed by atoms with Crippen LogP contribution in [0.2, 0.25) is 0 Å². The van der Waals surface area contributed by atoms with Crippen molar-refractivity contribution >= 4 is 55.9 Å². The van der Waals surface area contributed by atoms with Gasteiger partial charge in [-0.1, -0.05) is 48.5 Å². The number of benzene rings is 4. The lowest BCUT2D eigenvalue weighted by atomic mass is 10.00. The number of hydrogen-bond donors (Lipinski definition) is 4. The molecule has 0 atom stereocenters. The van der Waals surface area contributed by atoms with E-state index >= 15 is 0 Å². The van der Waals surface area contributed by atoms with E-state index in [2.05, 4.69) is 15.4 Å². The summed E-state index contributed by atoms with van der Waals surface area (Å²) in [7, 11) is -2.27. The topological polar surface area (TPSA) is 134 Å². The van der Waals surface area contributed by atoms with Crippen molar-refractivity contribution in [2.45, 2.75) is 4.90 Å². The molecule has 1 heterocycles. The molecule has 0 fully saturated rings. The van der Waals surface area contributed by atoms with Gasteiger partial charge in [0.05, 0.1) is 22.7 Å². The molecule has 4 aromatic carbocycles. The second kappa shape index (κ2) is 11.0. The molecule has 4 aromatic rings. The van der Waals surface area contributed by atoms with Crippen molar-refractivity contribution in [3.05, 3.63) is 114 Å². The van der Waals surface area contributed by atoms with Gasteiger partial charge in [-0.05, 0) is 60.2 Å². The molecule has 40 heavy (non-hydrogen) atoms. The first-order valence-corrected chi connectivity index (χ1v) is 13.9. The van der Waals surface area contributed by atoms with Gasteiger partial charge in [0.1, 0.15) is 0 Å². The average Bonchev–Trinajstić information content (AvgIpc) is 3.30. The zero-order chi connectivity index (χ0) is 28.3. The van der Waals surface area contributed by atoms with Crippen molar-refractivity contribution in [1.29, 1.82) is 0 Å². The first-order valence-electron chi connectivity index (χ1n) is 12.4. The number of nitrogens with one attached hydrogen (secondary N) is 3. The molecule has 1 aliphatic rings. The number of sulfonamides is 1.